The van der Waals surface area contributed by atoms with E-state index in [1.165, 1.54) is 17.2 Å². The van der Waals surface area contributed by atoms with Gasteiger partial charge in [0.1, 0.15) is 12.7 Å². The molecular formula is C51H60O14. The maximum Gasteiger partial charge on any atom is 0.299 e. The summed E-state index contributed by atoms with van der Waals surface area (Å²) in [6, 6.07) is 17.3. The second-order valence-electron chi connectivity index (χ2n) is 17.9. The minimum atomic E-state index is -1.83. The second kappa shape index (κ2) is 19.0. The Morgan fingerprint density at radius 3 is 1.80 bits per heavy atom. The molecule has 9 rings (SSSR count). The summed E-state index contributed by atoms with van der Waals surface area (Å²) in [5, 5.41) is 12.2. The van der Waals surface area contributed by atoms with Crippen LogP contribution < -0.4 is 28.4 Å². The molecular weight excluding hydrogens is 837 g/mol. The monoisotopic (exact) mass is 896 g/mol. The lowest BCUT2D eigenvalue weighted by Crippen LogP contribution is -2.59. The minimum absolute atomic E-state index is 0.0699. The lowest BCUT2D eigenvalue weighted by atomic mass is 9.75. The molecule has 0 bridgehead atoms. The molecule has 0 radical (unpaired) electrons. The Morgan fingerprint density at radius 2 is 1.20 bits per heavy atom. The maximum absolute atomic E-state index is 13.8. The number of benzene rings is 3. The number of ketones is 1. The first-order chi connectivity index (χ1) is 31.6. The van der Waals surface area contributed by atoms with Crippen LogP contribution >= 0.6 is 0 Å². The maximum atomic E-state index is 13.8. The molecule has 14 nitrogen and oxygen atoms in total. The zero-order chi connectivity index (χ0) is 45.4. The van der Waals surface area contributed by atoms with Gasteiger partial charge in [-0.1, -0.05) is 35.4 Å². The number of rotatable bonds is 16. The number of fused-ring (bicyclic) bond motifs is 3. The number of ether oxygens (including phenoxy) is 12. The minimum Gasteiger partial charge on any atom is -0.493 e. The van der Waals surface area contributed by atoms with Gasteiger partial charge >= 0.3 is 0 Å². The highest BCUT2D eigenvalue weighted by Gasteiger charge is 2.63. The van der Waals surface area contributed by atoms with Crippen molar-refractivity contribution in [3.8, 4) is 34.5 Å². The number of allylic oxidation sites excluding steroid dienone is 4. The van der Waals surface area contributed by atoms with Gasteiger partial charge in [-0.2, -0.15) is 0 Å². The summed E-state index contributed by atoms with van der Waals surface area (Å²) in [4.78, 5) is 13.8. The van der Waals surface area contributed by atoms with E-state index in [1.807, 2.05) is 48.5 Å². The van der Waals surface area contributed by atoms with Crippen LogP contribution in [0.3, 0.4) is 0 Å². The molecule has 1 unspecified atom stereocenters. The molecule has 6 aliphatic rings. The Labute approximate surface area is 380 Å². The molecule has 348 valence electrons. The molecule has 5 aliphatic heterocycles. The average molecular weight is 897 g/mol. The molecule has 0 aromatic heterocycles. The summed E-state index contributed by atoms with van der Waals surface area (Å²) in [6.45, 7) is 8.29. The summed E-state index contributed by atoms with van der Waals surface area (Å²) in [7, 11) is 6.38. The lowest BCUT2D eigenvalue weighted by Gasteiger charge is -2.41. The van der Waals surface area contributed by atoms with E-state index < -0.39 is 23.9 Å². The molecule has 3 aromatic rings. The van der Waals surface area contributed by atoms with E-state index in [4.69, 9.17) is 56.8 Å². The number of hydrogen-bond donors (Lipinski definition) is 1. The molecule has 1 aliphatic carbocycles. The fraction of sp³-hybridized carbons (Fsp3) is 0.510. The predicted molar refractivity (Wildman–Crippen MR) is 236 cm³/mol. The molecule has 65 heavy (non-hydrogen) atoms. The van der Waals surface area contributed by atoms with Crippen molar-refractivity contribution in [3.63, 3.8) is 0 Å². The van der Waals surface area contributed by atoms with Crippen molar-refractivity contribution in [2.75, 3.05) is 68.3 Å². The van der Waals surface area contributed by atoms with Crippen LogP contribution in [-0.4, -0.2) is 97.2 Å². The van der Waals surface area contributed by atoms with Gasteiger partial charge in [-0.15, -0.1) is 0 Å². The van der Waals surface area contributed by atoms with Crippen LogP contribution in [0.4, 0.5) is 0 Å². The highest BCUT2D eigenvalue weighted by Crippen LogP contribution is 2.54. The molecule has 5 fully saturated rings. The predicted octanol–water partition coefficient (Wildman–Crippen LogP) is 7.79. The normalized spacial score (nSPS) is 31.4. The van der Waals surface area contributed by atoms with E-state index in [9.17, 15) is 9.90 Å². The van der Waals surface area contributed by atoms with Crippen LogP contribution in [0.2, 0.25) is 0 Å². The Balaban J connectivity index is 0.876. The first-order valence-corrected chi connectivity index (χ1v) is 22.4. The third kappa shape index (κ3) is 8.49. The van der Waals surface area contributed by atoms with Gasteiger partial charge in [0, 0.05) is 29.7 Å². The SMILES string of the molecule is COc1ccc([C@@H]2OC[C@H]3[C@@H]2CO[C@H]3[C@@H]2C(=O)C=C3OCOC3(Oc3ccc([C@@H]4OC[C@@H]5[C@H]4CO[C@H]5c4ccc(OC/C=C(\C)CCC=C(C)C)c(OC)c4)cc3OC)[C@H]2O)cc1OC. The van der Waals surface area contributed by atoms with Crippen LogP contribution in [0.25, 0.3) is 0 Å². The van der Waals surface area contributed by atoms with Gasteiger partial charge in [0.15, 0.2) is 52.8 Å². The molecule has 14 heteroatoms. The summed E-state index contributed by atoms with van der Waals surface area (Å²) in [6.07, 6.45) is 4.83. The third-order valence-corrected chi connectivity index (χ3v) is 13.9. The molecule has 11 atom stereocenters. The number of carbonyl (C=O) groups excluding carboxylic acids is 1. The van der Waals surface area contributed by atoms with Gasteiger partial charge in [-0.05, 0) is 92.8 Å². The standard InChI is InChI=1S/C51H60O14/c1-28(2)9-8-10-29(3)17-18-58-39-15-12-31(20-42(39)56-6)46-33-23-60-47(34(33)24-59-46)32-13-16-40(43(21-32)57-7)65-51-44(63-27-64-51)22-37(52)45(50(51)53)49-36-26-61-48(35(36)25-62-49)30-11-14-38(54-4)41(19-30)55-5/h9,11-17,19-22,33-36,45-50,53H,8,10,18,23-27H2,1-7H3/b29-17+/t33-,34-,35+,36+,45+,46+,47+,48+,49-,50+,51?/m1/s1. The van der Waals surface area contributed by atoms with Crippen molar-refractivity contribution in [2.24, 2.45) is 29.6 Å². The van der Waals surface area contributed by atoms with E-state index in [1.54, 1.807) is 34.5 Å². The summed E-state index contributed by atoms with van der Waals surface area (Å²) >= 11 is 0. The summed E-state index contributed by atoms with van der Waals surface area (Å²) in [5.74, 6) is 0.0438. The first-order valence-electron chi connectivity index (χ1n) is 22.4. The zero-order valence-corrected chi connectivity index (χ0v) is 38.1. The van der Waals surface area contributed by atoms with E-state index in [-0.39, 0.29) is 60.3 Å². The van der Waals surface area contributed by atoms with Crippen molar-refractivity contribution < 1.29 is 66.7 Å². The largest absolute Gasteiger partial charge is 0.493 e. The summed E-state index contributed by atoms with van der Waals surface area (Å²) in [5.41, 5.74) is 5.42. The average Bonchev–Trinajstić information content (AvgIpc) is 4.16. The van der Waals surface area contributed by atoms with E-state index >= 15 is 0 Å². The Bertz CT molecular complexity index is 2320. The van der Waals surface area contributed by atoms with Gasteiger partial charge in [0.05, 0.1) is 85.2 Å². The molecule has 5 saturated heterocycles. The van der Waals surface area contributed by atoms with E-state index in [0.717, 1.165) is 29.5 Å². The van der Waals surface area contributed by atoms with Crippen LogP contribution in [0, 0.1) is 29.6 Å². The number of aliphatic hydroxyl groups is 1. The Morgan fingerprint density at radius 1 is 0.677 bits per heavy atom. The van der Waals surface area contributed by atoms with Crippen LogP contribution in [0.15, 0.2) is 89.7 Å². The Hall–Kier alpha value is -5.09. The van der Waals surface area contributed by atoms with Crippen molar-refractivity contribution in [1.82, 2.24) is 0 Å². The third-order valence-electron chi connectivity index (χ3n) is 13.9. The Kier molecular flexibility index (Phi) is 13.2. The zero-order valence-electron chi connectivity index (χ0n) is 38.1. The van der Waals surface area contributed by atoms with Crippen molar-refractivity contribution in [3.05, 3.63) is 106 Å². The fourth-order valence-corrected chi connectivity index (χ4v) is 10.4. The number of methoxy groups -OCH3 is 4. The van der Waals surface area contributed by atoms with Gasteiger partial charge in [-0.3, -0.25) is 9.53 Å². The van der Waals surface area contributed by atoms with E-state index in [2.05, 4.69) is 32.9 Å². The number of aliphatic hydroxyl groups excluding tert-OH is 1. The van der Waals surface area contributed by atoms with Gasteiger partial charge < -0.3 is 57.2 Å². The first kappa shape index (κ1) is 45.1. The van der Waals surface area contributed by atoms with Gasteiger partial charge in [0.25, 0.3) is 5.79 Å². The molecule has 0 amide bonds. The molecule has 3 aromatic carbocycles. The van der Waals surface area contributed by atoms with Gasteiger partial charge in [0.2, 0.25) is 0 Å². The smallest absolute Gasteiger partial charge is 0.299 e. The topological polar surface area (TPSA) is 148 Å². The van der Waals surface area contributed by atoms with Crippen LogP contribution in [0.1, 0.15) is 68.6 Å². The molecule has 1 N–H and O–H groups in total. The summed E-state index contributed by atoms with van der Waals surface area (Å²) < 4.78 is 72.9. The van der Waals surface area contributed by atoms with Crippen molar-refractivity contribution in [1.29, 1.82) is 0 Å². The molecule has 0 saturated carbocycles. The van der Waals surface area contributed by atoms with Crippen molar-refractivity contribution >= 4 is 5.78 Å². The fourth-order valence-electron chi connectivity index (χ4n) is 10.4. The van der Waals surface area contributed by atoms with Crippen molar-refractivity contribution in [2.45, 2.75) is 69.9 Å². The quantitative estimate of drug-likeness (QED) is 0.140. The van der Waals surface area contributed by atoms with Crippen LogP contribution in [-0.2, 0) is 33.2 Å². The van der Waals surface area contributed by atoms with Crippen LogP contribution in [0.5, 0.6) is 34.5 Å². The highest BCUT2D eigenvalue weighted by molar-refractivity contribution is 5.95. The number of carbonyl (C=O) groups is 1. The second-order valence-corrected chi connectivity index (χ2v) is 17.9. The molecule has 0 spiro atoms. The highest BCUT2D eigenvalue weighted by atomic mass is 16.8. The van der Waals surface area contributed by atoms with Gasteiger partial charge in [-0.25, -0.2) is 0 Å². The molecule has 5 heterocycles. The lowest BCUT2D eigenvalue weighted by molar-refractivity contribution is -0.220. The van der Waals surface area contributed by atoms with E-state index in [0.29, 0.717) is 67.5 Å². The number of hydrogen-bond acceptors (Lipinski definition) is 14.